The summed E-state index contributed by atoms with van der Waals surface area (Å²) >= 11 is 0. The summed E-state index contributed by atoms with van der Waals surface area (Å²) in [6.07, 6.45) is 4.06. The van der Waals surface area contributed by atoms with Gasteiger partial charge in [-0.05, 0) is 98.8 Å². The standard InChI is InChI=1S/C34H36N4O5/c1-6-32(40)37(25(5)39)24(4)8-7-23(3)35-26-11-17-30(18-12-26)43-31-19-13-28(14-20-31)36-27-9-15-29(16-10-27)38-33(41)21-22(2)34(38)42/h7-20,22,35-36H,6,21H2,1-5H3/b23-7+,24-8+. The predicted molar refractivity (Wildman–Crippen MR) is 168 cm³/mol. The van der Waals surface area contributed by atoms with E-state index in [2.05, 4.69) is 10.6 Å². The molecule has 3 aromatic carbocycles. The molecular formula is C34H36N4O5. The minimum Gasteiger partial charge on any atom is -0.457 e. The SMILES string of the molecule is CCC(=O)N(C(C)=O)/C(C)=C/C=C(\C)Nc1ccc(Oc2ccc(Nc3ccc(N4C(=O)CC(C)C4=O)cc3)cc2)cc1. The van der Waals surface area contributed by atoms with E-state index in [4.69, 9.17) is 4.74 Å². The van der Waals surface area contributed by atoms with Crippen LogP contribution in [0.15, 0.2) is 96.3 Å². The molecule has 43 heavy (non-hydrogen) atoms. The molecule has 0 aromatic heterocycles. The van der Waals surface area contributed by atoms with Crippen LogP contribution in [0.3, 0.4) is 0 Å². The Morgan fingerprint density at radius 1 is 0.860 bits per heavy atom. The number of hydrogen-bond acceptors (Lipinski definition) is 7. The molecule has 2 N–H and O–H groups in total. The zero-order valence-electron chi connectivity index (χ0n) is 25.0. The molecule has 1 atom stereocenters. The molecular weight excluding hydrogens is 544 g/mol. The van der Waals surface area contributed by atoms with Gasteiger partial charge in [-0.1, -0.05) is 13.8 Å². The maximum absolute atomic E-state index is 12.3. The number of amides is 4. The first kappa shape index (κ1) is 30.8. The number of carbonyl (C=O) groups is 4. The largest absolute Gasteiger partial charge is 0.457 e. The van der Waals surface area contributed by atoms with E-state index >= 15 is 0 Å². The lowest BCUT2D eigenvalue weighted by molar-refractivity contribution is -0.140. The Labute approximate surface area is 251 Å². The van der Waals surface area contributed by atoms with Gasteiger partial charge >= 0.3 is 0 Å². The van der Waals surface area contributed by atoms with Crippen molar-refractivity contribution in [3.63, 3.8) is 0 Å². The zero-order chi connectivity index (χ0) is 31.1. The number of allylic oxidation sites excluding steroid dienone is 4. The monoisotopic (exact) mass is 580 g/mol. The fourth-order valence-corrected chi connectivity index (χ4v) is 4.63. The molecule has 0 spiro atoms. The lowest BCUT2D eigenvalue weighted by atomic mass is 10.1. The van der Waals surface area contributed by atoms with Gasteiger partial charge in [-0.15, -0.1) is 0 Å². The van der Waals surface area contributed by atoms with Crippen LogP contribution in [0.4, 0.5) is 22.7 Å². The van der Waals surface area contributed by atoms with Crippen molar-refractivity contribution in [3.05, 3.63) is 96.3 Å². The molecule has 1 fully saturated rings. The average Bonchev–Trinajstić information content (AvgIpc) is 3.24. The van der Waals surface area contributed by atoms with Gasteiger partial charge in [0.2, 0.25) is 23.6 Å². The molecule has 0 bridgehead atoms. The highest BCUT2D eigenvalue weighted by Crippen LogP contribution is 2.29. The minimum absolute atomic E-state index is 0.164. The molecule has 0 radical (unpaired) electrons. The van der Waals surface area contributed by atoms with E-state index in [9.17, 15) is 19.2 Å². The summed E-state index contributed by atoms with van der Waals surface area (Å²) < 4.78 is 5.99. The smallest absolute Gasteiger partial charge is 0.237 e. The molecule has 222 valence electrons. The fraction of sp³-hybridized carbons (Fsp3) is 0.235. The van der Waals surface area contributed by atoms with E-state index < -0.39 is 0 Å². The molecule has 9 heteroatoms. The zero-order valence-corrected chi connectivity index (χ0v) is 25.0. The highest BCUT2D eigenvalue weighted by atomic mass is 16.5. The van der Waals surface area contributed by atoms with E-state index in [1.807, 2.05) is 73.7 Å². The summed E-state index contributed by atoms with van der Waals surface area (Å²) in [5, 5.41) is 6.59. The number of imide groups is 2. The van der Waals surface area contributed by atoms with E-state index in [0.29, 0.717) is 22.9 Å². The Morgan fingerprint density at radius 2 is 1.40 bits per heavy atom. The lowest BCUT2D eigenvalue weighted by Gasteiger charge is -2.18. The fourth-order valence-electron chi connectivity index (χ4n) is 4.63. The number of carbonyl (C=O) groups excluding carboxylic acids is 4. The van der Waals surface area contributed by atoms with Crippen LogP contribution in [0.1, 0.15) is 47.5 Å². The van der Waals surface area contributed by atoms with E-state index in [1.54, 1.807) is 39.0 Å². The number of hydrogen-bond donors (Lipinski definition) is 2. The second-order valence-electron chi connectivity index (χ2n) is 10.4. The molecule has 4 amide bonds. The second-order valence-corrected chi connectivity index (χ2v) is 10.4. The van der Waals surface area contributed by atoms with Gasteiger partial charge in [-0.3, -0.25) is 29.0 Å². The normalized spacial score (nSPS) is 15.4. The molecule has 1 aliphatic heterocycles. The van der Waals surface area contributed by atoms with Gasteiger partial charge in [-0.2, -0.15) is 0 Å². The summed E-state index contributed by atoms with van der Waals surface area (Å²) in [5.74, 6) is 0.190. The summed E-state index contributed by atoms with van der Waals surface area (Å²) in [4.78, 5) is 50.7. The van der Waals surface area contributed by atoms with Crippen LogP contribution in [0.5, 0.6) is 11.5 Å². The van der Waals surface area contributed by atoms with Crippen LogP contribution in [0, 0.1) is 5.92 Å². The van der Waals surface area contributed by atoms with Crippen molar-refractivity contribution in [2.24, 2.45) is 5.92 Å². The van der Waals surface area contributed by atoms with Gasteiger partial charge < -0.3 is 15.4 Å². The number of anilines is 4. The lowest BCUT2D eigenvalue weighted by Crippen LogP contribution is -2.32. The Bertz CT molecular complexity index is 1560. The van der Waals surface area contributed by atoms with Crippen molar-refractivity contribution in [1.29, 1.82) is 0 Å². The molecule has 9 nitrogen and oxygen atoms in total. The van der Waals surface area contributed by atoms with Gasteiger partial charge in [-0.25, -0.2) is 0 Å². The van der Waals surface area contributed by atoms with Crippen molar-refractivity contribution in [1.82, 2.24) is 4.90 Å². The third kappa shape index (κ3) is 7.77. The first-order chi connectivity index (χ1) is 20.5. The molecule has 1 unspecified atom stereocenters. The summed E-state index contributed by atoms with van der Waals surface area (Å²) in [7, 11) is 0. The Morgan fingerprint density at radius 3 is 1.88 bits per heavy atom. The van der Waals surface area contributed by atoms with Gasteiger partial charge in [0.1, 0.15) is 11.5 Å². The van der Waals surface area contributed by atoms with Gasteiger partial charge in [0, 0.05) is 54.1 Å². The maximum Gasteiger partial charge on any atom is 0.237 e. The van der Waals surface area contributed by atoms with Crippen LogP contribution in [0.2, 0.25) is 0 Å². The molecule has 0 aliphatic carbocycles. The highest BCUT2D eigenvalue weighted by Gasteiger charge is 2.36. The first-order valence-corrected chi connectivity index (χ1v) is 14.1. The van der Waals surface area contributed by atoms with Gasteiger partial charge in [0.15, 0.2) is 0 Å². The van der Waals surface area contributed by atoms with Crippen LogP contribution in [-0.4, -0.2) is 28.5 Å². The van der Waals surface area contributed by atoms with Crippen LogP contribution >= 0.6 is 0 Å². The average molecular weight is 581 g/mol. The van der Waals surface area contributed by atoms with Crippen LogP contribution in [-0.2, 0) is 19.2 Å². The third-order valence-electron chi connectivity index (χ3n) is 6.87. The number of ether oxygens (including phenoxy) is 1. The van der Waals surface area contributed by atoms with E-state index in [-0.39, 0.29) is 42.4 Å². The quantitative estimate of drug-likeness (QED) is 0.194. The van der Waals surface area contributed by atoms with Crippen LogP contribution < -0.4 is 20.3 Å². The Balaban J connectivity index is 1.31. The van der Waals surface area contributed by atoms with Gasteiger partial charge in [0.25, 0.3) is 0 Å². The van der Waals surface area contributed by atoms with Gasteiger partial charge in [0.05, 0.1) is 5.69 Å². The molecule has 4 rings (SSSR count). The van der Waals surface area contributed by atoms with Crippen molar-refractivity contribution < 1.29 is 23.9 Å². The number of rotatable bonds is 10. The van der Waals surface area contributed by atoms with E-state index in [1.165, 1.54) is 16.7 Å². The van der Waals surface area contributed by atoms with Crippen molar-refractivity contribution >= 4 is 46.4 Å². The molecule has 0 saturated carbocycles. The Hall–Kier alpha value is -5.18. The van der Waals surface area contributed by atoms with Crippen molar-refractivity contribution in [2.75, 3.05) is 15.5 Å². The maximum atomic E-state index is 12.3. The number of nitrogens with zero attached hydrogens (tertiary/aromatic N) is 2. The van der Waals surface area contributed by atoms with Crippen LogP contribution in [0.25, 0.3) is 0 Å². The number of benzene rings is 3. The first-order valence-electron chi connectivity index (χ1n) is 14.1. The van der Waals surface area contributed by atoms with E-state index in [0.717, 1.165) is 22.8 Å². The van der Waals surface area contributed by atoms with Crippen molar-refractivity contribution in [2.45, 2.75) is 47.5 Å². The summed E-state index contributed by atoms with van der Waals surface area (Å²) in [6.45, 7) is 8.50. The molecule has 1 saturated heterocycles. The molecule has 1 aliphatic rings. The van der Waals surface area contributed by atoms with Crippen molar-refractivity contribution in [3.8, 4) is 11.5 Å². The predicted octanol–water partition coefficient (Wildman–Crippen LogP) is 7.13. The summed E-state index contributed by atoms with van der Waals surface area (Å²) in [6, 6.07) is 22.2. The third-order valence-corrected chi connectivity index (χ3v) is 6.87. The summed E-state index contributed by atoms with van der Waals surface area (Å²) in [5.41, 5.74) is 4.52. The Kier molecular flexibility index (Phi) is 9.77. The molecule has 1 heterocycles. The topological polar surface area (TPSA) is 108 Å². The highest BCUT2D eigenvalue weighted by molar-refractivity contribution is 6.20. The second kappa shape index (κ2) is 13.7. The minimum atomic E-state index is -0.308. The number of nitrogens with one attached hydrogen (secondary N) is 2. The molecule has 3 aromatic rings.